The summed E-state index contributed by atoms with van der Waals surface area (Å²) in [5.74, 6) is 0. The third-order valence-electron chi connectivity index (χ3n) is 3.65. The van der Waals surface area contributed by atoms with Gasteiger partial charge in [-0.15, -0.1) is 0 Å². The standard InChI is InChI=1S/C14H27O2P/c1-7-8-9-10-11-12(2)17-15-13(3,4)14(5,6)16-17/h2,7-11H2,1,3-6H3. The van der Waals surface area contributed by atoms with Gasteiger partial charge in [-0.3, -0.25) is 0 Å². The summed E-state index contributed by atoms with van der Waals surface area (Å²) in [6.45, 7) is 14.8. The summed E-state index contributed by atoms with van der Waals surface area (Å²) in [5, 5.41) is 1.15. The van der Waals surface area contributed by atoms with Gasteiger partial charge in [0.25, 0.3) is 0 Å². The van der Waals surface area contributed by atoms with Crippen molar-refractivity contribution in [2.24, 2.45) is 0 Å². The molecule has 0 N–H and O–H groups in total. The van der Waals surface area contributed by atoms with Crippen LogP contribution in [0.1, 0.15) is 66.7 Å². The molecule has 0 bridgehead atoms. The van der Waals surface area contributed by atoms with Crippen LogP contribution in [-0.2, 0) is 9.05 Å². The van der Waals surface area contributed by atoms with Crippen molar-refractivity contribution >= 4 is 8.38 Å². The van der Waals surface area contributed by atoms with E-state index in [1.807, 2.05) is 0 Å². The Bertz CT molecular complexity index is 255. The number of hydrogen-bond acceptors (Lipinski definition) is 2. The van der Waals surface area contributed by atoms with Gasteiger partial charge in [0.2, 0.25) is 8.38 Å². The average Bonchev–Trinajstić information content (AvgIpc) is 2.43. The summed E-state index contributed by atoms with van der Waals surface area (Å²) < 4.78 is 12.1. The van der Waals surface area contributed by atoms with Crippen LogP contribution < -0.4 is 0 Å². The monoisotopic (exact) mass is 258 g/mol. The van der Waals surface area contributed by atoms with Gasteiger partial charge in [-0.1, -0.05) is 32.8 Å². The van der Waals surface area contributed by atoms with Crippen molar-refractivity contribution in [3.05, 3.63) is 11.9 Å². The van der Waals surface area contributed by atoms with Crippen molar-refractivity contribution in [3.8, 4) is 0 Å². The number of unbranched alkanes of at least 4 members (excludes halogenated alkanes) is 3. The van der Waals surface area contributed by atoms with E-state index in [9.17, 15) is 0 Å². The summed E-state index contributed by atoms with van der Waals surface area (Å²) >= 11 is 0. The molecular weight excluding hydrogens is 231 g/mol. The van der Waals surface area contributed by atoms with Gasteiger partial charge in [-0.05, 0) is 40.5 Å². The fourth-order valence-corrected chi connectivity index (χ4v) is 3.53. The molecule has 0 saturated carbocycles. The molecular formula is C14H27O2P. The Labute approximate surface area is 108 Å². The summed E-state index contributed by atoms with van der Waals surface area (Å²) in [5.41, 5.74) is -0.434. The van der Waals surface area contributed by atoms with Crippen molar-refractivity contribution in [2.75, 3.05) is 0 Å². The lowest BCUT2D eigenvalue weighted by Crippen LogP contribution is -2.41. The largest absolute Gasteiger partial charge is 0.322 e. The zero-order chi connectivity index (χ0) is 13.1. The molecule has 1 aliphatic rings. The summed E-state index contributed by atoms with van der Waals surface area (Å²) in [6.07, 6.45) is 6.11. The Balaban J connectivity index is 2.40. The number of rotatable bonds is 6. The van der Waals surface area contributed by atoms with Crippen LogP contribution in [0.2, 0.25) is 0 Å². The quantitative estimate of drug-likeness (QED) is 0.470. The lowest BCUT2D eigenvalue weighted by atomic mass is 9.90. The molecule has 0 spiro atoms. The van der Waals surface area contributed by atoms with Crippen LogP contribution >= 0.6 is 8.38 Å². The Morgan fingerprint density at radius 1 is 1.00 bits per heavy atom. The van der Waals surface area contributed by atoms with Crippen molar-refractivity contribution in [1.82, 2.24) is 0 Å². The molecule has 0 aromatic rings. The highest BCUT2D eigenvalue weighted by Gasteiger charge is 2.50. The van der Waals surface area contributed by atoms with Gasteiger partial charge in [0.05, 0.1) is 11.2 Å². The van der Waals surface area contributed by atoms with Crippen LogP contribution in [0.3, 0.4) is 0 Å². The average molecular weight is 258 g/mol. The van der Waals surface area contributed by atoms with E-state index < -0.39 is 8.38 Å². The summed E-state index contributed by atoms with van der Waals surface area (Å²) in [4.78, 5) is 0. The van der Waals surface area contributed by atoms with Crippen LogP contribution in [0.15, 0.2) is 11.9 Å². The maximum atomic E-state index is 6.03. The molecule has 0 amide bonds. The van der Waals surface area contributed by atoms with Gasteiger partial charge in [-0.2, -0.15) is 0 Å². The number of hydrogen-bond donors (Lipinski definition) is 0. The summed E-state index contributed by atoms with van der Waals surface area (Å²) in [7, 11) is -0.898. The minimum absolute atomic E-state index is 0.217. The first-order valence-corrected chi connectivity index (χ1v) is 7.84. The van der Waals surface area contributed by atoms with Gasteiger partial charge in [0, 0.05) is 5.31 Å². The smallest absolute Gasteiger partial charge is 0.201 e. The van der Waals surface area contributed by atoms with E-state index in [1.165, 1.54) is 25.7 Å². The molecule has 0 aromatic heterocycles. The van der Waals surface area contributed by atoms with Crippen molar-refractivity contribution in [2.45, 2.75) is 77.9 Å². The van der Waals surface area contributed by atoms with E-state index in [0.29, 0.717) is 0 Å². The van der Waals surface area contributed by atoms with E-state index in [2.05, 4.69) is 41.2 Å². The van der Waals surface area contributed by atoms with Crippen LogP contribution in [-0.4, -0.2) is 11.2 Å². The molecule has 3 heteroatoms. The zero-order valence-corrected chi connectivity index (χ0v) is 12.9. The van der Waals surface area contributed by atoms with Crippen LogP contribution in [0.25, 0.3) is 0 Å². The first kappa shape index (κ1) is 15.1. The molecule has 1 saturated heterocycles. The van der Waals surface area contributed by atoms with E-state index in [0.717, 1.165) is 11.7 Å². The van der Waals surface area contributed by atoms with E-state index in [1.54, 1.807) is 0 Å². The second-order valence-corrected chi connectivity index (χ2v) is 7.35. The molecule has 1 aliphatic heterocycles. The fraction of sp³-hybridized carbons (Fsp3) is 0.857. The Morgan fingerprint density at radius 2 is 1.53 bits per heavy atom. The highest BCUT2D eigenvalue weighted by Crippen LogP contribution is 2.62. The van der Waals surface area contributed by atoms with Gasteiger partial charge in [0.1, 0.15) is 0 Å². The van der Waals surface area contributed by atoms with Crippen LogP contribution in [0.5, 0.6) is 0 Å². The molecule has 17 heavy (non-hydrogen) atoms. The molecule has 0 aromatic carbocycles. The lowest BCUT2D eigenvalue weighted by Gasteiger charge is -2.29. The van der Waals surface area contributed by atoms with Crippen molar-refractivity contribution in [3.63, 3.8) is 0 Å². The SMILES string of the molecule is C=C(CCCCCC)P1OC(C)(C)C(C)(C)O1. The molecule has 0 aliphatic carbocycles. The molecule has 1 rings (SSSR count). The second-order valence-electron chi connectivity index (χ2n) is 5.84. The van der Waals surface area contributed by atoms with E-state index >= 15 is 0 Å². The minimum Gasteiger partial charge on any atom is -0.322 e. The first-order valence-electron chi connectivity index (χ1n) is 6.66. The van der Waals surface area contributed by atoms with Crippen LogP contribution in [0, 0.1) is 0 Å². The van der Waals surface area contributed by atoms with Gasteiger partial charge < -0.3 is 9.05 Å². The second kappa shape index (κ2) is 5.82. The van der Waals surface area contributed by atoms with E-state index in [-0.39, 0.29) is 11.2 Å². The van der Waals surface area contributed by atoms with Gasteiger partial charge >= 0.3 is 0 Å². The normalized spacial score (nSPS) is 22.9. The maximum Gasteiger partial charge on any atom is 0.201 e. The third-order valence-corrected chi connectivity index (χ3v) is 5.63. The lowest BCUT2D eigenvalue weighted by molar-refractivity contribution is 0.00578. The summed E-state index contributed by atoms with van der Waals surface area (Å²) in [6, 6.07) is 0. The van der Waals surface area contributed by atoms with Gasteiger partial charge in [-0.25, -0.2) is 0 Å². The molecule has 100 valence electrons. The number of allylic oxidation sites excluding steroid dienone is 1. The minimum atomic E-state index is -0.898. The zero-order valence-electron chi connectivity index (χ0n) is 12.0. The Hall–Kier alpha value is 0.0900. The van der Waals surface area contributed by atoms with Crippen LogP contribution in [0.4, 0.5) is 0 Å². The molecule has 0 radical (unpaired) electrons. The predicted molar refractivity (Wildman–Crippen MR) is 75.1 cm³/mol. The molecule has 2 nitrogen and oxygen atoms in total. The van der Waals surface area contributed by atoms with Crippen molar-refractivity contribution < 1.29 is 9.05 Å². The Kier molecular flexibility index (Phi) is 5.19. The van der Waals surface area contributed by atoms with E-state index in [4.69, 9.17) is 9.05 Å². The maximum absolute atomic E-state index is 6.03. The highest BCUT2D eigenvalue weighted by atomic mass is 31.2. The fourth-order valence-electron chi connectivity index (χ4n) is 1.63. The molecule has 0 atom stereocenters. The predicted octanol–water partition coefficient (Wildman–Crippen LogP) is 5.39. The molecule has 1 fully saturated rings. The topological polar surface area (TPSA) is 18.5 Å². The Morgan fingerprint density at radius 3 is 2.00 bits per heavy atom. The molecule has 1 heterocycles. The third kappa shape index (κ3) is 3.77. The van der Waals surface area contributed by atoms with Gasteiger partial charge in [0.15, 0.2) is 0 Å². The highest BCUT2D eigenvalue weighted by molar-refractivity contribution is 7.52. The van der Waals surface area contributed by atoms with Crippen molar-refractivity contribution in [1.29, 1.82) is 0 Å². The molecule has 0 unspecified atom stereocenters. The first-order chi connectivity index (χ1) is 7.80.